The monoisotopic (exact) mass is 427 g/mol. The summed E-state index contributed by atoms with van der Waals surface area (Å²) in [6.45, 7) is 2.68. The molecule has 2 aromatic rings. The van der Waals surface area contributed by atoms with Crippen LogP contribution in [-0.4, -0.2) is 39.3 Å². The van der Waals surface area contributed by atoms with E-state index < -0.39 is 21.7 Å². The van der Waals surface area contributed by atoms with Crippen LogP contribution in [0.5, 0.6) is 0 Å². The second-order valence-electron chi connectivity index (χ2n) is 6.35. The third-order valence-corrected chi connectivity index (χ3v) is 6.08. The number of rotatable bonds is 8. The molecule has 2 N–H and O–H groups in total. The molecule has 1 amide bonds. The van der Waals surface area contributed by atoms with Crippen LogP contribution in [-0.2, 0) is 10.0 Å². The topological polar surface area (TPSA) is 78.5 Å². The first-order valence-electron chi connectivity index (χ1n) is 8.73. The molecule has 0 saturated carbocycles. The molecule has 0 heterocycles. The van der Waals surface area contributed by atoms with Gasteiger partial charge in [0.05, 0.1) is 21.8 Å². The molecule has 0 unspecified atom stereocenters. The van der Waals surface area contributed by atoms with Crippen LogP contribution in [0, 0.1) is 5.82 Å². The molecule has 0 spiro atoms. The Morgan fingerprint density at radius 3 is 2.50 bits per heavy atom. The van der Waals surface area contributed by atoms with Crippen LogP contribution in [0.1, 0.15) is 30.1 Å². The summed E-state index contributed by atoms with van der Waals surface area (Å²) in [6.07, 6.45) is 1.86. The normalized spacial score (nSPS) is 11.5. The third kappa shape index (κ3) is 5.21. The van der Waals surface area contributed by atoms with Crippen LogP contribution in [0.3, 0.4) is 0 Å². The predicted octanol–water partition coefficient (Wildman–Crippen LogP) is 4.19. The molecule has 0 radical (unpaired) electrons. The first kappa shape index (κ1) is 22.1. The smallest absolute Gasteiger partial charge is 0.258 e. The maximum Gasteiger partial charge on any atom is 0.258 e. The average Bonchev–Trinajstić information content (AvgIpc) is 2.64. The van der Waals surface area contributed by atoms with E-state index in [1.807, 2.05) is 6.92 Å². The van der Waals surface area contributed by atoms with Gasteiger partial charge in [-0.05, 0) is 42.8 Å². The summed E-state index contributed by atoms with van der Waals surface area (Å²) < 4.78 is 39.9. The first-order valence-corrected chi connectivity index (χ1v) is 10.6. The van der Waals surface area contributed by atoms with E-state index in [0.717, 1.165) is 23.2 Å². The summed E-state index contributed by atoms with van der Waals surface area (Å²) in [7, 11) is -0.860. The van der Waals surface area contributed by atoms with E-state index in [0.29, 0.717) is 12.2 Å². The van der Waals surface area contributed by atoms with Gasteiger partial charge < -0.3 is 10.6 Å². The molecule has 0 bridgehead atoms. The Hall–Kier alpha value is -2.16. The van der Waals surface area contributed by atoms with Crippen molar-refractivity contribution in [1.82, 2.24) is 4.31 Å². The first-order chi connectivity index (χ1) is 13.2. The number of sulfonamides is 1. The average molecular weight is 428 g/mol. The molecule has 0 atom stereocenters. The van der Waals surface area contributed by atoms with Crippen molar-refractivity contribution in [2.24, 2.45) is 0 Å². The molecule has 0 aliphatic carbocycles. The maximum atomic E-state index is 14.0. The lowest BCUT2D eigenvalue weighted by Crippen LogP contribution is -2.23. The molecule has 6 nitrogen and oxygen atoms in total. The molecule has 0 aromatic heterocycles. The molecular formula is C19H23ClFN3O3S. The summed E-state index contributed by atoms with van der Waals surface area (Å²) in [5.74, 6) is -1.45. The number of nitrogens with zero attached hydrogens (tertiary/aromatic N) is 1. The van der Waals surface area contributed by atoms with E-state index in [-0.39, 0.29) is 21.2 Å². The lowest BCUT2D eigenvalue weighted by Gasteiger charge is -2.17. The number of unbranched alkanes of at least 4 members (excludes halogenated alkanes) is 1. The van der Waals surface area contributed by atoms with Crippen LogP contribution in [0.15, 0.2) is 41.3 Å². The van der Waals surface area contributed by atoms with E-state index in [2.05, 4.69) is 10.6 Å². The zero-order chi connectivity index (χ0) is 20.9. The van der Waals surface area contributed by atoms with Crippen molar-refractivity contribution >= 4 is 38.9 Å². The second kappa shape index (κ2) is 9.36. The van der Waals surface area contributed by atoms with Crippen molar-refractivity contribution in [2.75, 3.05) is 31.3 Å². The Bertz CT molecular complexity index is 965. The highest BCUT2D eigenvalue weighted by atomic mass is 35.5. The lowest BCUT2D eigenvalue weighted by molar-refractivity contribution is 0.102. The van der Waals surface area contributed by atoms with Gasteiger partial charge in [0.25, 0.3) is 5.91 Å². The Balaban J connectivity index is 2.42. The fourth-order valence-electron chi connectivity index (χ4n) is 2.41. The van der Waals surface area contributed by atoms with Crippen molar-refractivity contribution < 1.29 is 17.6 Å². The van der Waals surface area contributed by atoms with Gasteiger partial charge in [-0.1, -0.05) is 24.9 Å². The predicted molar refractivity (Wildman–Crippen MR) is 110 cm³/mol. The SMILES string of the molecule is CCCCNc1ccc(S(=O)(=O)N(C)C)cc1NC(=O)c1cc(Cl)ccc1F. The van der Waals surface area contributed by atoms with E-state index in [4.69, 9.17) is 11.6 Å². The minimum absolute atomic E-state index is 0.0143. The minimum atomic E-state index is -3.70. The van der Waals surface area contributed by atoms with Gasteiger partial charge in [0, 0.05) is 25.7 Å². The van der Waals surface area contributed by atoms with Crippen molar-refractivity contribution in [1.29, 1.82) is 0 Å². The van der Waals surface area contributed by atoms with E-state index >= 15 is 0 Å². The molecule has 9 heteroatoms. The van der Waals surface area contributed by atoms with Gasteiger partial charge in [0.1, 0.15) is 5.82 Å². The van der Waals surface area contributed by atoms with Crippen LogP contribution in [0.25, 0.3) is 0 Å². The number of hydrogen-bond donors (Lipinski definition) is 2. The number of carbonyl (C=O) groups excluding carboxylic acids is 1. The van der Waals surface area contributed by atoms with Gasteiger partial charge in [0.2, 0.25) is 10.0 Å². The Morgan fingerprint density at radius 1 is 1.14 bits per heavy atom. The van der Waals surface area contributed by atoms with E-state index in [1.165, 1.54) is 38.4 Å². The van der Waals surface area contributed by atoms with Gasteiger partial charge in [0.15, 0.2) is 0 Å². The molecule has 0 fully saturated rings. The Labute approximate surface area is 169 Å². The lowest BCUT2D eigenvalue weighted by atomic mass is 10.2. The zero-order valence-electron chi connectivity index (χ0n) is 15.9. The van der Waals surface area contributed by atoms with Crippen molar-refractivity contribution in [2.45, 2.75) is 24.7 Å². The van der Waals surface area contributed by atoms with Crippen molar-refractivity contribution in [3.8, 4) is 0 Å². The number of nitrogens with one attached hydrogen (secondary N) is 2. The van der Waals surface area contributed by atoms with Crippen LogP contribution < -0.4 is 10.6 Å². The van der Waals surface area contributed by atoms with E-state index in [9.17, 15) is 17.6 Å². The molecule has 152 valence electrons. The highest BCUT2D eigenvalue weighted by Gasteiger charge is 2.20. The molecule has 2 rings (SSSR count). The number of halogens is 2. The molecule has 0 aliphatic heterocycles. The number of amides is 1. The molecular weight excluding hydrogens is 405 g/mol. The fraction of sp³-hybridized carbons (Fsp3) is 0.316. The summed E-state index contributed by atoms with van der Waals surface area (Å²) in [4.78, 5) is 12.6. The largest absolute Gasteiger partial charge is 0.383 e. The van der Waals surface area contributed by atoms with Gasteiger partial charge in [-0.25, -0.2) is 17.1 Å². The highest BCUT2D eigenvalue weighted by Crippen LogP contribution is 2.28. The summed E-state index contributed by atoms with van der Waals surface area (Å²) in [6, 6.07) is 8.05. The molecule has 0 aliphatic rings. The second-order valence-corrected chi connectivity index (χ2v) is 8.94. The summed E-state index contributed by atoms with van der Waals surface area (Å²) in [5.41, 5.74) is 0.554. The molecule has 2 aromatic carbocycles. The summed E-state index contributed by atoms with van der Waals surface area (Å²) >= 11 is 5.86. The molecule has 0 saturated heterocycles. The van der Waals surface area contributed by atoms with E-state index in [1.54, 1.807) is 6.07 Å². The van der Waals surface area contributed by atoms with Crippen molar-refractivity contribution in [3.63, 3.8) is 0 Å². The third-order valence-electron chi connectivity index (χ3n) is 4.04. The van der Waals surface area contributed by atoms with Crippen molar-refractivity contribution in [3.05, 3.63) is 52.8 Å². The number of hydrogen-bond acceptors (Lipinski definition) is 4. The van der Waals surface area contributed by atoms with Gasteiger partial charge in [-0.3, -0.25) is 4.79 Å². The fourth-order valence-corrected chi connectivity index (χ4v) is 3.51. The van der Waals surface area contributed by atoms with Crippen LogP contribution >= 0.6 is 11.6 Å². The number of anilines is 2. The number of carbonyl (C=O) groups is 1. The van der Waals surface area contributed by atoms with Crippen LogP contribution in [0.4, 0.5) is 15.8 Å². The Kier molecular flexibility index (Phi) is 7.40. The van der Waals surface area contributed by atoms with Gasteiger partial charge >= 0.3 is 0 Å². The maximum absolute atomic E-state index is 14.0. The standard InChI is InChI=1S/C19H23ClFN3O3S/c1-4-5-10-22-17-9-7-14(28(26,27)24(2)3)12-18(17)23-19(25)15-11-13(20)6-8-16(15)21/h6-9,11-12,22H,4-5,10H2,1-3H3,(H,23,25). The molecule has 28 heavy (non-hydrogen) atoms. The van der Waals surface area contributed by atoms with Gasteiger partial charge in [-0.2, -0.15) is 0 Å². The van der Waals surface area contributed by atoms with Gasteiger partial charge in [-0.15, -0.1) is 0 Å². The minimum Gasteiger partial charge on any atom is -0.383 e. The number of benzene rings is 2. The highest BCUT2D eigenvalue weighted by molar-refractivity contribution is 7.89. The summed E-state index contributed by atoms with van der Waals surface area (Å²) in [5, 5.41) is 5.97. The Morgan fingerprint density at radius 2 is 1.86 bits per heavy atom. The zero-order valence-corrected chi connectivity index (χ0v) is 17.5. The van der Waals surface area contributed by atoms with Crippen LogP contribution in [0.2, 0.25) is 5.02 Å². The quantitative estimate of drug-likeness (QED) is 0.619.